The maximum Gasteiger partial charge on any atom is 0.0551 e. The fourth-order valence-electron chi connectivity index (χ4n) is 2.27. The van der Waals surface area contributed by atoms with Gasteiger partial charge in [0, 0.05) is 24.4 Å². The van der Waals surface area contributed by atoms with E-state index in [0.29, 0.717) is 12.0 Å². The summed E-state index contributed by atoms with van der Waals surface area (Å²) in [6, 6.07) is 4.35. The molecule has 0 radical (unpaired) electrons. The minimum Gasteiger partial charge on any atom is -0.378 e. The zero-order valence-electron chi connectivity index (χ0n) is 9.60. The molecule has 0 saturated carbocycles. The van der Waals surface area contributed by atoms with Crippen LogP contribution in [0.4, 0.5) is 0 Å². The van der Waals surface area contributed by atoms with Gasteiger partial charge >= 0.3 is 0 Å². The SMILES string of the molecule is CC1CC(C(Cc2ccncc2)NN)CO1. The number of aromatic nitrogens is 1. The van der Waals surface area contributed by atoms with Crippen LogP contribution in [0.15, 0.2) is 24.5 Å². The second kappa shape index (κ2) is 5.39. The number of hydrogen-bond acceptors (Lipinski definition) is 4. The van der Waals surface area contributed by atoms with Crippen LogP contribution in [0.3, 0.4) is 0 Å². The van der Waals surface area contributed by atoms with Gasteiger partial charge in [0.2, 0.25) is 0 Å². The van der Waals surface area contributed by atoms with Crippen molar-refractivity contribution < 1.29 is 4.74 Å². The van der Waals surface area contributed by atoms with Crippen LogP contribution in [-0.4, -0.2) is 23.7 Å². The molecule has 1 aliphatic heterocycles. The fraction of sp³-hybridized carbons (Fsp3) is 0.583. The third-order valence-electron chi connectivity index (χ3n) is 3.22. The predicted molar refractivity (Wildman–Crippen MR) is 62.6 cm³/mol. The van der Waals surface area contributed by atoms with E-state index in [-0.39, 0.29) is 6.04 Å². The number of nitrogens with one attached hydrogen (secondary N) is 1. The van der Waals surface area contributed by atoms with Crippen molar-refractivity contribution >= 4 is 0 Å². The summed E-state index contributed by atoms with van der Waals surface area (Å²) in [4.78, 5) is 4.01. The van der Waals surface area contributed by atoms with Crippen LogP contribution in [0.2, 0.25) is 0 Å². The van der Waals surface area contributed by atoms with Crippen molar-refractivity contribution in [2.75, 3.05) is 6.61 Å². The molecule has 0 aromatic carbocycles. The standard InChI is InChI=1S/C12H19N3O/c1-9-6-11(8-16-9)12(15-13)7-10-2-4-14-5-3-10/h2-5,9,11-12,15H,6-8,13H2,1H3. The Bertz CT molecular complexity index is 317. The number of rotatable bonds is 4. The molecule has 3 atom stereocenters. The predicted octanol–water partition coefficient (Wildman–Crippen LogP) is 0.881. The molecule has 1 aromatic rings. The van der Waals surface area contributed by atoms with Crippen LogP contribution in [0, 0.1) is 5.92 Å². The lowest BCUT2D eigenvalue weighted by atomic mass is 9.92. The molecule has 3 N–H and O–H groups in total. The zero-order chi connectivity index (χ0) is 11.4. The second-order valence-corrected chi connectivity index (χ2v) is 4.47. The van der Waals surface area contributed by atoms with E-state index in [0.717, 1.165) is 19.4 Å². The van der Waals surface area contributed by atoms with Gasteiger partial charge in [-0.1, -0.05) is 0 Å². The Labute approximate surface area is 96.2 Å². The maximum absolute atomic E-state index is 5.62. The van der Waals surface area contributed by atoms with Crippen LogP contribution in [0.25, 0.3) is 0 Å². The molecule has 1 aromatic heterocycles. The molecule has 1 fully saturated rings. The normalized spacial score (nSPS) is 26.9. The number of nitrogens with two attached hydrogens (primary N) is 1. The molecule has 2 rings (SSSR count). The quantitative estimate of drug-likeness (QED) is 0.585. The Morgan fingerprint density at radius 3 is 2.88 bits per heavy atom. The highest BCUT2D eigenvalue weighted by Gasteiger charge is 2.28. The lowest BCUT2D eigenvalue weighted by Crippen LogP contribution is -2.42. The Hall–Kier alpha value is -0.970. The molecule has 0 spiro atoms. The zero-order valence-corrected chi connectivity index (χ0v) is 9.60. The summed E-state index contributed by atoms with van der Waals surface area (Å²) in [6.45, 7) is 2.92. The Morgan fingerprint density at radius 2 is 2.31 bits per heavy atom. The van der Waals surface area contributed by atoms with E-state index in [9.17, 15) is 0 Å². The lowest BCUT2D eigenvalue weighted by Gasteiger charge is -2.21. The molecular weight excluding hydrogens is 202 g/mol. The molecule has 0 bridgehead atoms. The van der Waals surface area contributed by atoms with E-state index >= 15 is 0 Å². The number of ether oxygens (including phenoxy) is 1. The van der Waals surface area contributed by atoms with Crippen molar-refractivity contribution in [1.82, 2.24) is 10.4 Å². The van der Waals surface area contributed by atoms with Crippen molar-refractivity contribution in [3.8, 4) is 0 Å². The third-order valence-corrected chi connectivity index (χ3v) is 3.22. The topological polar surface area (TPSA) is 60.2 Å². The first-order valence-corrected chi connectivity index (χ1v) is 5.76. The van der Waals surface area contributed by atoms with Gasteiger partial charge in [0.05, 0.1) is 12.7 Å². The van der Waals surface area contributed by atoms with Gasteiger partial charge in [0.15, 0.2) is 0 Å². The lowest BCUT2D eigenvalue weighted by molar-refractivity contribution is 0.117. The molecule has 1 saturated heterocycles. The first-order valence-electron chi connectivity index (χ1n) is 5.76. The highest BCUT2D eigenvalue weighted by atomic mass is 16.5. The summed E-state index contributed by atoms with van der Waals surface area (Å²) in [5.74, 6) is 6.13. The van der Waals surface area contributed by atoms with Gasteiger partial charge in [-0.15, -0.1) is 0 Å². The Morgan fingerprint density at radius 1 is 1.56 bits per heavy atom. The molecule has 2 heterocycles. The fourth-order valence-corrected chi connectivity index (χ4v) is 2.27. The average molecular weight is 221 g/mol. The van der Waals surface area contributed by atoms with Gasteiger partial charge in [-0.25, -0.2) is 0 Å². The minimum atomic E-state index is 0.285. The smallest absolute Gasteiger partial charge is 0.0551 e. The molecular formula is C12H19N3O. The van der Waals surface area contributed by atoms with Crippen molar-refractivity contribution in [3.05, 3.63) is 30.1 Å². The van der Waals surface area contributed by atoms with E-state index in [1.807, 2.05) is 24.5 Å². The third kappa shape index (κ3) is 2.78. The van der Waals surface area contributed by atoms with Crippen LogP contribution in [-0.2, 0) is 11.2 Å². The number of hydrogen-bond donors (Lipinski definition) is 2. The first-order chi connectivity index (χ1) is 7.79. The van der Waals surface area contributed by atoms with E-state index in [1.165, 1.54) is 5.56 Å². The summed E-state index contributed by atoms with van der Waals surface area (Å²) in [5.41, 5.74) is 4.17. The van der Waals surface area contributed by atoms with E-state index in [2.05, 4.69) is 17.3 Å². The summed E-state index contributed by atoms with van der Waals surface area (Å²) >= 11 is 0. The summed E-state index contributed by atoms with van der Waals surface area (Å²) in [6.07, 6.45) is 6.01. The maximum atomic E-state index is 5.62. The van der Waals surface area contributed by atoms with E-state index in [1.54, 1.807) is 0 Å². The van der Waals surface area contributed by atoms with Crippen LogP contribution >= 0.6 is 0 Å². The van der Waals surface area contributed by atoms with Crippen molar-refractivity contribution in [1.29, 1.82) is 0 Å². The van der Waals surface area contributed by atoms with Gasteiger partial charge in [-0.2, -0.15) is 0 Å². The highest BCUT2D eigenvalue weighted by molar-refractivity contribution is 5.11. The number of pyridine rings is 1. The average Bonchev–Trinajstić information content (AvgIpc) is 2.74. The number of hydrazine groups is 1. The molecule has 0 amide bonds. The van der Waals surface area contributed by atoms with Crippen LogP contribution in [0.1, 0.15) is 18.9 Å². The molecule has 1 aliphatic rings. The summed E-state index contributed by atoms with van der Waals surface area (Å²) < 4.78 is 5.58. The Kier molecular flexibility index (Phi) is 3.88. The molecule has 4 nitrogen and oxygen atoms in total. The van der Waals surface area contributed by atoms with Gasteiger partial charge in [-0.05, 0) is 37.5 Å². The van der Waals surface area contributed by atoms with Crippen molar-refractivity contribution in [3.63, 3.8) is 0 Å². The van der Waals surface area contributed by atoms with Gasteiger partial charge < -0.3 is 4.74 Å². The van der Waals surface area contributed by atoms with Crippen LogP contribution < -0.4 is 11.3 Å². The number of nitrogens with zero attached hydrogens (tertiary/aromatic N) is 1. The highest BCUT2D eigenvalue weighted by Crippen LogP contribution is 2.23. The Balaban J connectivity index is 1.96. The van der Waals surface area contributed by atoms with E-state index < -0.39 is 0 Å². The van der Waals surface area contributed by atoms with Crippen molar-refractivity contribution in [2.45, 2.75) is 31.9 Å². The van der Waals surface area contributed by atoms with Gasteiger partial charge in [0.1, 0.15) is 0 Å². The largest absolute Gasteiger partial charge is 0.378 e. The van der Waals surface area contributed by atoms with Gasteiger partial charge in [0.25, 0.3) is 0 Å². The van der Waals surface area contributed by atoms with Gasteiger partial charge in [-0.3, -0.25) is 16.3 Å². The monoisotopic (exact) mass is 221 g/mol. The minimum absolute atomic E-state index is 0.285. The van der Waals surface area contributed by atoms with Crippen LogP contribution in [0.5, 0.6) is 0 Å². The summed E-state index contributed by atoms with van der Waals surface area (Å²) in [5, 5.41) is 0. The second-order valence-electron chi connectivity index (χ2n) is 4.47. The molecule has 3 unspecified atom stereocenters. The molecule has 16 heavy (non-hydrogen) atoms. The van der Waals surface area contributed by atoms with E-state index in [4.69, 9.17) is 10.6 Å². The molecule has 4 heteroatoms. The molecule has 0 aliphatic carbocycles. The summed E-state index contributed by atoms with van der Waals surface area (Å²) in [7, 11) is 0. The molecule has 88 valence electrons. The van der Waals surface area contributed by atoms with Crippen molar-refractivity contribution in [2.24, 2.45) is 11.8 Å². The first kappa shape index (κ1) is 11.5.